The van der Waals surface area contributed by atoms with Crippen LogP contribution in [0, 0.1) is 5.92 Å². The van der Waals surface area contributed by atoms with Crippen molar-refractivity contribution in [3.63, 3.8) is 0 Å². The fraction of sp³-hybridized carbons (Fsp3) is 0.367. The van der Waals surface area contributed by atoms with Crippen LogP contribution in [0.1, 0.15) is 24.0 Å². The summed E-state index contributed by atoms with van der Waals surface area (Å²) in [5.74, 6) is -0.0939. The zero-order chi connectivity index (χ0) is 25.5. The average Bonchev–Trinajstić information content (AvgIpc) is 2.95. The van der Waals surface area contributed by atoms with Crippen molar-refractivity contribution in [2.45, 2.75) is 25.8 Å². The van der Waals surface area contributed by atoms with Gasteiger partial charge in [-0.25, -0.2) is 0 Å². The molecule has 0 bridgehead atoms. The molecule has 2 aromatic carbocycles. The Morgan fingerprint density at radius 1 is 0.892 bits per heavy atom. The maximum absolute atomic E-state index is 13.3. The van der Waals surface area contributed by atoms with Crippen molar-refractivity contribution in [1.82, 2.24) is 14.8 Å². The minimum atomic E-state index is -0.209. The molecule has 2 aliphatic rings. The molecular weight excluding hydrogens is 462 g/mol. The van der Waals surface area contributed by atoms with Gasteiger partial charge in [0.1, 0.15) is 0 Å². The molecule has 0 radical (unpaired) electrons. The summed E-state index contributed by atoms with van der Waals surface area (Å²) in [6.07, 6.45) is 5.73. The highest BCUT2D eigenvalue weighted by molar-refractivity contribution is 5.97. The summed E-state index contributed by atoms with van der Waals surface area (Å²) in [4.78, 5) is 36.6. The zero-order valence-electron chi connectivity index (χ0n) is 21.3. The summed E-state index contributed by atoms with van der Waals surface area (Å²) < 4.78 is 0. The Hall–Kier alpha value is -3.71. The molecule has 2 amide bonds. The normalized spacial score (nSPS) is 18.6. The van der Waals surface area contributed by atoms with Crippen LogP contribution in [0.3, 0.4) is 0 Å². The van der Waals surface area contributed by atoms with Crippen LogP contribution in [0.15, 0.2) is 79.1 Å². The number of hydrogen-bond acceptors (Lipinski definition) is 5. The monoisotopic (exact) mass is 497 g/mol. The average molecular weight is 498 g/mol. The van der Waals surface area contributed by atoms with Gasteiger partial charge in [-0.1, -0.05) is 42.5 Å². The molecule has 1 N–H and O–H groups in total. The highest BCUT2D eigenvalue weighted by Crippen LogP contribution is 2.28. The van der Waals surface area contributed by atoms with Gasteiger partial charge in [0.25, 0.3) is 0 Å². The van der Waals surface area contributed by atoms with Gasteiger partial charge >= 0.3 is 0 Å². The molecule has 5 rings (SSSR count). The number of nitrogens with zero attached hydrogens (tertiary/aromatic N) is 4. The largest absolute Gasteiger partial charge is 0.367 e. The van der Waals surface area contributed by atoms with E-state index in [1.807, 2.05) is 65.8 Å². The van der Waals surface area contributed by atoms with E-state index in [9.17, 15) is 9.59 Å². The fourth-order valence-electron chi connectivity index (χ4n) is 5.22. The quantitative estimate of drug-likeness (QED) is 0.512. The topological polar surface area (TPSA) is 68.8 Å². The number of likely N-dealkylation sites (tertiary alicyclic amines) is 1. The van der Waals surface area contributed by atoms with Crippen LogP contribution in [-0.4, -0.2) is 65.9 Å². The molecule has 2 aliphatic heterocycles. The number of piperazine rings is 1. The number of amides is 2. The van der Waals surface area contributed by atoms with Crippen LogP contribution in [0.25, 0.3) is 0 Å². The first kappa shape index (κ1) is 25.0. The van der Waals surface area contributed by atoms with E-state index in [-0.39, 0.29) is 17.7 Å². The van der Waals surface area contributed by atoms with E-state index < -0.39 is 0 Å². The van der Waals surface area contributed by atoms with Crippen LogP contribution in [0.2, 0.25) is 0 Å². The molecule has 7 nitrogen and oxygen atoms in total. The van der Waals surface area contributed by atoms with Crippen molar-refractivity contribution >= 4 is 23.2 Å². The molecule has 2 fully saturated rings. The van der Waals surface area contributed by atoms with Crippen LogP contribution in [0.4, 0.5) is 11.4 Å². The number of hydrogen-bond donors (Lipinski definition) is 1. The molecule has 1 unspecified atom stereocenters. The number of piperidine rings is 1. The molecule has 7 heteroatoms. The molecule has 3 aromatic rings. The highest BCUT2D eigenvalue weighted by Gasteiger charge is 2.31. The summed E-state index contributed by atoms with van der Waals surface area (Å²) in [5.41, 5.74) is 4.32. The minimum Gasteiger partial charge on any atom is -0.367 e. The number of carbonyl (C=O) groups excluding carboxylic acids is 2. The summed E-state index contributed by atoms with van der Waals surface area (Å²) in [6.45, 7) is 5.87. The van der Waals surface area contributed by atoms with E-state index >= 15 is 0 Å². The number of benzene rings is 2. The lowest BCUT2D eigenvalue weighted by molar-refractivity contribution is -0.137. The molecule has 0 aliphatic carbocycles. The van der Waals surface area contributed by atoms with Crippen molar-refractivity contribution < 1.29 is 9.59 Å². The Bertz CT molecular complexity index is 1180. The smallest absolute Gasteiger partial charge is 0.229 e. The van der Waals surface area contributed by atoms with Crippen LogP contribution in [0.5, 0.6) is 0 Å². The Balaban J connectivity index is 1.16. The molecule has 192 valence electrons. The van der Waals surface area contributed by atoms with Gasteiger partial charge in [0.2, 0.25) is 11.8 Å². The van der Waals surface area contributed by atoms with Crippen molar-refractivity contribution in [2.24, 2.45) is 5.92 Å². The van der Waals surface area contributed by atoms with Gasteiger partial charge < -0.3 is 15.1 Å². The molecule has 3 heterocycles. The van der Waals surface area contributed by atoms with E-state index in [1.54, 1.807) is 0 Å². The lowest BCUT2D eigenvalue weighted by atomic mass is 9.96. The molecule has 1 atom stereocenters. The zero-order valence-corrected chi connectivity index (χ0v) is 21.3. The van der Waals surface area contributed by atoms with Crippen molar-refractivity contribution in [2.75, 3.05) is 49.5 Å². The van der Waals surface area contributed by atoms with Gasteiger partial charge in [-0.15, -0.1) is 0 Å². The van der Waals surface area contributed by atoms with Gasteiger partial charge in [-0.2, -0.15) is 0 Å². The number of pyridine rings is 1. The second-order valence-electron chi connectivity index (χ2n) is 9.94. The molecule has 0 saturated carbocycles. The predicted octanol–water partition coefficient (Wildman–Crippen LogP) is 3.82. The second kappa shape index (κ2) is 12.0. The molecule has 1 aromatic heterocycles. The predicted molar refractivity (Wildman–Crippen MR) is 146 cm³/mol. The number of aromatic nitrogens is 1. The number of para-hydroxylation sites is 2. The van der Waals surface area contributed by atoms with Gasteiger partial charge in [-0.3, -0.25) is 19.5 Å². The summed E-state index contributed by atoms with van der Waals surface area (Å²) >= 11 is 0. The molecule has 2 saturated heterocycles. The van der Waals surface area contributed by atoms with E-state index in [2.05, 4.69) is 38.3 Å². The first-order valence-electron chi connectivity index (χ1n) is 13.2. The summed E-state index contributed by atoms with van der Waals surface area (Å²) in [6, 6.07) is 22.2. The number of anilines is 2. The summed E-state index contributed by atoms with van der Waals surface area (Å²) in [7, 11) is 0. The van der Waals surface area contributed by atoms with E-state index in [0.29, 0.717) is 25.9 Å². The lowest BCUT2D eigenvalue weighted by Gasteiger charge is -2.37. The third-order valence-electron chi connectivity index (χ3n) is 7.43. The third kappa shape index (κ3) is 6.54. The standard InChI is InChI=1S/C30H35N5O2/c36-29-11-10-26(23-35(29)22-25-6-2-1-3-7-25)30(37)32-27-8-4-5-9-28(27)34-20-18-33(19-21-34)17-14-24-12-15-31-16-13-24/h1-9,12-13,15-16,26H,10-11,14,17-23H2,(H,32,37). The molecule has 0 spiro atoms. The van der Waals surface area contributed by atoms with Crippen molar-refractivity contribution in [3.05, 3.63) is 90.3 Å². The van der Waals surface area contributed by atoms with Gasteiger partial charge in [0, 0.05) is 64.6 Å². The Labute approximate surface area is 219 Å². The molecule has 37 heavy (non-hydrogen) atoms. The number of rotatable bonds is 8. The highest BCUT2D eigenvalue weighted by atomic mass is 16.2. The number of nitrogens with one attached hydrogen (secondary N) is 1. The van der Waals surface area contributed by atoms with Crippen LogP contribution >= 0.6 is 0 Å². The van der Waals surface area contributed by atoms with E-state index in [4.69, 9.17) is 0 Å². The van der Waals surface area contributed by atoms with Crippen LogP contribution in [-0.2, 0) is 22.6 Å². The van der Waals surface area contributed by atoms with Crippen molar-refractivity contribution in [3.8, 4) is 0 Å². The first-order chi connectivity index (χ1) is 18.2. The summed E-state index contributed by atoms with van der Waals surface area (Å²) in [5, 5.41) is 3.20. The van der Waals surface area contributed by atoms with Crippen molar-refractivity contribution in [1.29, 1.82) is 0 Å². The van der Waals surface area contributed by atoms with E-state index in [0.717, 1.165) is 56.1 Å². The maximum atomic E-state index is 13.3. The maximum Gasteiger partial charge on any atom is 0.229 e. The minimum absolute atomic E-state index is 0.00556. The van der Waals surface area contributed by atoms with Crippen LogP contribution < -0.4 is 10.2 Å². The Morgan fingerprint density at radius 3 is 2.41 bits per heavy atom. The lowest BCUT2D eigenvalue weighted by Crippen LogP contribution is -2.47. The SMILES string of the molecule is O=C(Nc1ccccc1N1CCN(CCc2ccncc2)CC1)C1CCC(=O)N(Cc2ccccc2)C1. The number of carbonyl (C=O) groups is 2. The van der Waals surface area contributed by atoms with Gasteiger partial charge in [0.15, 0.2) is 0 Å². The second-order valence-corrected chi connectivity index (χ2v) is 9.94. The Morgan fingerprint density at radius 2 is 1.62 bits per heavy atom. The molecular formula is C30H35N5O2. The fourth-order valence-corrected chi connectivity index (χ4v) is 5.22. The third-order valence-corrected chi connectivity index (χ3v) is 7.43. The van der Waals surface area contributed by atoms with Gasteiger partial charge in [-0.05, 0) is 48.2 Å². The first-order valence-corrected chi connectivity index (χ1v) is 13.2. The van der Waals surface area contributed by atoms with E-state index in [1.165, 1.54) is 5.56 Å². The Kier molecular flexibility index (Phi) is 8.11. The van der Waals surface area contributed by atoms with Gasteiger partial charge in [0.05, 0.1) is 17.3 Å².